The summed E-state index contributed by atoms with van der Waals surface area (Å²) >= 11 is 0. The summed E-state index contributed by atoms with van der Waals surface area (Å²) in [5, 5.41) is 0. The zero-order valence-corrected chi connectivity index (χ0v) is 15.2. The highest BCUT2D eigenvalue weighted by Crippen LogP contribution is 2.35. The average molecular weight is 328 g/mol. The molecule has 3 rings (SSSR count). The van der Waals surface area contributed by atoms with E-state index in [1.807, 2.05) is 42.7 Å². The molecule has 1 saturated heterocycles. The third-order valence-electron chi connectivity index (χ3n) is 5.22. The summed E-state index contributed by atoms with van der Waals surface area (Å²) in [5.41, 5.74) is 1.99. The predicted molar refractivity (Wildman–Crippen MR) is 95.9 cm³/mol. The zero-order valence-electron chi connectivity index (χ0n) is 15.2. The number of hydrogen-bond donors (Lipinski definition) is 0. The van der Waals surface area contributed by atoms with E-state index in [0.29, 0.717) is 13.1 Å². The minimum absolute atomic E-state index is 0.0302. The SMILES string of the molecule is CC1Cc2ccccc2N1C(=O)C1CCN(C(=O)C(C)(C)C)CC1. The summed E-state index contributed by atoms with van der Waals surface area (Å²) in [6.07, 6.45) is 2.47. The van der Waals surface area contributed by atoms with Gasteiger partial charge in [0.2, 0.25) is 11.8 Å². The van der Waals surface area contributed by atoms with Gasteiger partial charge in [0.15, 0.2) is 0 Å². The van der Waals surface area contributed by atoms with E-state index >= 15 is 0 Å². The number of carbonyl (C=O) groups excluding carboxylic acids is 2. The Bertz CT molecular complexity index is 639. The van der Waals surface area contributed by atoms with Crippen LogP contribution in [0.4, 0.5) is 5.69 Å². The molecule has 0 bridgehead atoms. The topological polar surface area (TPSA) is 40.6 Å². The fraction of sp³-hybridized carbons (Fsp3) is 0.600. The Labute approximate surface area is 144 Å². The molecule has 1 fully saturated rings. The second-order valence-corrected chi connectivity index (χ2v) is 8.21. The van der Waals surface area contributed by atoms with Gasteiger partial charge in [-0.2, -0.15) is 0 Å². The van der Waals surface area contributed by atoms with E-state index in [4.69, 9.17) is 0 Å². The maximum Gasteiger partial charge on any atom is 0.230 e. The fourth-order valence-corrected chi connectivity index (χ4v) is 3.90. The minimum Gasteiger partial charge on any atom is -0.342 e. The van der Waals surface area contributed by atoms with Crippen LogP contribution in [-0.2, 0) is 16.0 Å². The number of benzene rings is 1. The first-order valence-corrected chi connectivity index (χ1v) is 8.99. The van der Waals surface area contributed by atoms with Crippen molar-refractivity contribution in [3.63, 3.8) is 0 Å². The van der Waals surface area contributed by atoms with Gasteiger partial charge < -0.3 is 9.80 Å². The number of hydrogen-bond acceptors (Lipinski definition) is 2. The number of nitrogens with zero attached hydrogens (tertiary/aromatic N) is 2. The molecular formula is C20H28N2O2. The number of carbonyl (C=O) groups is 2. The van der Waals surface area contributed by atoms with E-state index in [1.165, 1.54) is 5.56 Å². The molecular weight excluding hydrogens is 300 g/mol. The van der Waals surface area contributed by atoms with Gasteiger partial charge in [-0.1, -0.05) is 39.0 Å². The number of amides is 2. The van der Waals surface area contributed by atoms with Crippen molar-refractivity contribution in [3.8, 4) is 0 Å². The molecule has 2 aliphatic rings. The van der Waals surface area contributed by atoms with Gasteiger partial charge in [0.05, 0.1) is 0 Å². The molecule has 1 atom stereocenters. The highest BCUT2D eigenvalue weighted by molar-refractivity contribution is 5.97. The van der Waals surface area contributed by atoms with Gasteiger partial charge >= 0.3 is 0 Å². The third kappa shape index (κ3) is 3.06. The number of anilines is 1. The van der Waals surface area contributed by atoms with Gasteiger partial charge in [0.1, 0.15) is 0 Å². The fourth-order valence-electron chi connectivity index (χ4n) is 3.90. The van der Waals surface area contributed by atoms with Gasteiger partial charge in [0.25, 0.3) is 0 Å². The molecule has 1 aromatic rings. The smallest absolute Gasteiger partial charge is 0.230 e. The molecule has 1 unspecified atom stereocenters. The van der Waals surface area contributed by atoms with Crippen molar-refractivity contribution >= 4 is 17.5 Å². The average Bonchev–Trinajstić information content (AvgIpc) is 2.88. The molecule has 0 N–H and O–H groups in total. The lowest BCUT2D eigenvalue weighted by Gasteiger charge is -2.37. The van der Waals surface area contributed by atoms with E-state index < -0.39 is 0 Å². The van der Waals surface area contributed by atoms with Gasteiger partial charge in [-0.05, 0) is 37.8 Å². The van der Waals surface area contributed by atoms with Crippen LogP contribution in [0.25, 0.3) is 0 Å². The number of rotatable bonds is 1. The van der Waals surface area contributed by atoms with Crippen LogP contribution in [0.5, 0.6) is 0 Å². The number of fused-ring (bicyclic) bond motifs is 1. The van der Waals surface area contributed by atoms with Crippen LogP contribution in [0.3, 0.4) is 0 Å². The van der Waals surface area contributed by atoms with Crippen molar-refractivity contribution in [1.82, 2.24) is 4.90 Å². The molecule has 4 heteroatoms. The molecule has 0 saturated carbocycles. The Morgan fingerprint density at radius 2 is 1.71 bits per heavy atom. The maximum atomic E-state index is 13.1. The normalized spacial score (nSPS) is 21.8. The van der Waals surface area contributed by atoms with Gasteiger partial charge in [-0.15, -0.1) is 0 Å². The lowest BCUT2D eigenvalue weighted by atomic mass is 9.90. The van der Waals surface area contributed by atoms with E-state index in [-0.39, 0.29) is 29.2 Å². The molecule has 0 aromatic heterocycles. The lowest BCUT2D eigenvalue weighted by Crippen LogP contribution is -2.48. The molecule has 2 amide bonds. The van der Waals surface area contributed by atoms with Crippen molar-refractivity contribution in [2.24, 2.45) is 11.3 Å². The molecule has 0 aliphatic carbocycles. The van der Waals surface area contributed by atoms with E-state index in [9.17, 15) is 9.59 Å². The highest BCUT2D eigenvalue weighted by Gasteiger charge is 2.37. The lowest BCUT2D eigenvalue weighted by molar-refractivity contribution is -0.142. The summed E-state index contributed by atoms with van der Waals surface area (Å²) < 4.78 is 0. The molecule has 1 aromatic carbocycles. The minimum atomic E-state index is -0.348. The molecule has 130 valence electrons. The monoisotopic (exact) mass is 328 g/mol. The Morgan fingerprint density at radius 1 is 1.08 bits per heavy atom. The van der Waals surface area contributed by atoms with E-state index in [2.05, 4.69) is 19.1 Å². The first-order valence-electron chi connectivity index (χ1n) is 8.99. The van der Waals surface area contributed by atoms with Crippen molar-refractivity contribution in [3.05, 3.63) is 29.8 Å². The Morgan fingerprint density at radius 3 is 2.33 bits per heavy atom. The molecule has 2 heterocycles. The first kappa shape index (κ1) is 17.0. The van der Waals surface area contributed by atoms with Crippen LogP contribution >= 0.6 is 0 Å². The standard InChI is InChI=1S/C20H28N2O2/c1-14-13-16-7-5-6-8-17(16)22(14)18(23)15-9-11-21(12-10-15)19(24)20(2,3)4/h5-8,14-15H,9-13H2,1-4H3. The highest BCUT2D eigenvalue weighted by atomic mass is 16.2. The number of piperidine rings is 1. The zero-order chi connectivity index (χ0) is 17.5. The Kier molecular flexibility index (Phi) is 4.41. The molecule has 2 aliphatic heterocycles. The third-order valence-corrected chi connectivity index (χ3v) is 5.22. The summed E-state index contributed by atoms with van der Waals surface area (Å²) in [6, 6.07) is 8.43. The second kappa shape index (κ2) is 6.23. The molecule has 24 heavy (non-hydrogen) atoms. The maximum absolute atomic E-state index is 13.1. The molecule has 0 radical (unpaired) electrons. The van der Waals surface area contributed by atoms with Gasteiger partial charge in [-0.25, -0.2) is 0 Å². The summed E-state index contributed by atoms with van der Waals surface area (Å²) in [6.45, 7) is 9.36. The molecule has 0 spiro atoms. The quantitative estimate of drug-likeness (QED) is 0.794. The summed E-state index contributed by atoms with van der Waals surface area (Å²) in [5.74, 6) is 0.450. The van der Waals surface area contributed by atoms with Crippen LogP contribution in [0.15, 0.2) is 24.3 Å². The predicted octanol–water partition coefficient (Wildman–Crippen LogP) is 3.25. The van der Waals surface area contributed by atoms with Crippen LogP contribution in [0, 0.1) is 11.3 Å². The number of para-hydroxylation sites is 1. The van der Waals surface area contributed by atoms with Crippen LogP contribution in [0.2, 0.25) is 0 Å². The van der Waals surface area contributed by atoms with Gasteiger partial charge in [-0.3, -0.25) is 9.59 Å². The van der Waals surface area contributed by atoms with Crippen LogP contribution in [0.1, 0.15) is 46.1 Å². The largest absolute Gasteiger partial charge is 0.342 e. The Hall–Kier alpha value is -1.84. The summed E-state index contributed by atoms with van der Waals surface area (Å²) in [7, 11) is 0. The van der Waals surface area contributed by atoms with Crippen LogP contribution < -0.4 is 4.90 Å². The van der Waals surface area contributed by atoms with Gasteiger partial charge in [0, 0.05) is 36.2 Å². The molecule has 4 nitrogen and oxygen atoms in total. The van der Waals surface area contributed by atoms with Crippen molar-refractivity contribution in [2.45, 2.75) is 53.0 Å². The van der Waals surface area contributed by atoms with Crippen molar-refractivity contribution < 1.29 is 9.59 Å². The summed E-state index contributed by atoms with van der Waals surface area (Å²) in [4.78, 5) is 29.4. The first-order chi connectivity index (χ1) is 11.3. The Balaban J connectivity index is 1.67. The van der Waals surface area contributed by atoms with Crippen LogP contribution in [-0.4, -0.2) is 35.8 Å². The van der Waals surface area contributed by atoms with E-state index in [0.717, 1.165) is 24.9 Å². The van der Waals surface area contributed by atoms with E-state index in [1.54, 1.807) is 0 Å². The van der Waals surface area contributed by atoms with Crippen molar-refractivity contribution in [1.29, 1.82) is 0 Å². The number of likely N-dealkylation sites (tertiary alicyclic amines) is 1. The second-order valence-electron chi connectivity index (χ2n) is 8.21. The van der Waals surface area contributed by atoms with Crippen molar-refractivity contribution in [2.75, 3.05) is 18.0 Å².